The van der Waals surface area contributed by atoms with E-state index in [-0.39, 0.29) is 12.4 Å². The van der Waals surface area contributed by atoms with E-state index in [0.29, 0.717) is 6.54 Å². The van der Waals surface area contributed by atoms with Crippen molar-refractivity contribution in [1.82, 2.24) is 29.6 Å². The molecule has 108 valence electrons. The van der Waals surface area contributed by atoms with Crippen LogP contribution in [-0.2, 0) is 11.3 Å². The summed E-state index contributed by atoms with van der Waals surface area (Å²) in [6.07, 6.45) is 3.87. The van der Waals surface area contributed by atoms with Crippen LogP contribution in [0.1, 0.15) is 28.8 Å². The van der Waals surface area contributed by atoms with Gasteiger partial charge >= 0.3 is 5.97 Å². The molecule has 3 aromatic heterocycles. The molecule has 3 heterocycles. The fourth-order valence-electron chi connectivity index (χ4n) is 2.04. The Labute approximate surface area is 120 Å². The fourth-order valence-corrected chi connectivity index (χ4v) is 2.04. The van der Waals surface area contributed by atoms with Crippen molar-refractivity contribution in [3.8, 4) is 0 Å². The van der Waals surface area contributed by atoms with Gasteiger partial charge in [-0.3, -0.25) is 0 Å². The van der Waals surface area contributed by atoms with Gasteiger partial charge in [-0.1, -0.05) is 6.07 Å². The number of hydrogen-bond donors (Lipinski definition) is 0. The second kappa shape index (κ2) is 5.31. The summed E-state index contributed by atoms with van der Waals surface area (Å²) in [6, 6.07) is 3.93. The molecule has 0 bridgehead atoms. The number of aryl methyl sites for hydroxylation is 1. The van der Waals surface area contributed by atoms with E-state index in [4.69, 9.17) is 4.74 Å². The molecule has 3 aromatic rings. The van der Waals surface area contributed by atoms with Crippen molar-refractivity contribution < 1.29 is 9.53 Å². The maximum atomic E-state index is 11.7. The summed E-state index contributed by atoms with van der Waals surface area (Å²) in [5, 5.41) is 11.0. The Bertz CT molecular complexity index is 791. The Hall–Kier alpha value is -2.77. The van der Waals surface area contributed by atoms with E-state index < -0.39 is 5.97 Å². The van der Waals surface area contributed by atoms with Crippen LogP contribution in [0.2, 0.25) is 0 Å². The highest BCUT2D eigenvalue weighted by Crippen LogP contribution is 2.09. The number of rotatable bonds is 4. The first-order chi connectivity index (χ1) is 10.2. The molecule has 0 aliphatic rings. The summed E-state index contributed by atoms with van der Waals surface area (Å²) < 4.78 is 8.22. The van der Waals surface area contributed by atoms with Gasteiger partial charge in [0.25, 0.3) is 5.82 Å². The maximum absolute atomic E-state index is 11.7. The van der Waals surface area contributed by atoms with E-state index in [2.05, 4.69) is 20.5 Å². The summed E-state index contributed by atoms with van der Waals surface area (Å²) in [4.78, 5) is 16.2. The molecule has 8 nitrogen and oxygen atoms in total. The summed E-state index contributed by atoms with van der Waals surface area (Å²) in [5.41, 5.74) is 2.74. The molecular weight excluding hydrogens is 272 g/mol. The number of ether oxygens (including phenoxy) is 1. The van der Waals surface area contributed by atoms with E-state index in [9.17, 15) is 4.79 Å². The quantitative estimate of drug-likeness (QED) is 0.661. The number of nitrogens with zero attached hydrogens (tertiary/aromatic N) is 6. The molecule has 0 aromatic carbocycles. The van der Waals surface area contributed by atoms with Crippen LogP contribution >= 0.6 is 0 Å². The van der Waals surface area contributed by atoms with Crippen molar-refractivity contribution in [2.24, 2.45) is 0 Å². The van der Waals surface area contributed by atoms with Gasteiger partial charge in [0, 0.05) is 12.4 Å². The minimum Gasteiger partial charge on any atom is -0.460 e. The van der Waals surface area contributed by atoms with Crippen molar-refractivity contribution >= 4 is 11.6 Å². The van der Waals surface area contributed by atoms with Crippen molar-refractivity contribution in [3.63, 3.8) is 0 Å². The molecule has 0 atom stereocenters. The van der Waals surface area contributed by atoms with Gasteiger partial charge in [-0.25, -0.2) is 14.5 Å². The smallest absolute Gasteiger partial charge is 0.378 e. The van der Waals surface area contributed by atoms with Gasteiger partial charge in [-0.2, -0.15) is 0 Å². The lowest BCUT2D eigenvalue weighted by atomic mass is 10.3. The molecule has 0 radical (unpaired) electrons. The number of carbonyl (C=O) groups excluding carboxylic acids is 1. The van der Waals surface area contributed by atoms with Crippen molar-refractivity contribution in [3.05, 3.63) is 41.6 Å². The molecular formula is C13H14N6O2. The Morgan fingerprint density at radius 1 is 1.33 bits per heavy atom. The Kier molecular flexibility index (Phi) is 3.35. The lowest BCUT2D eigenvalue weighted by molar-refractivity contribution is 0.0505. The van der Waals surface area contributed by atoms with Crippen LogP contribution in [0.4, 0.5) is 0 Å². The van der Waals surface area contributed by atoms with Crippen molar-refractivity contribution in [2.75, 3.05) is 6.61 Å². The van der Waals surface area contributed by atoms with Crippen LogP contribution in [0, 0.1) is 6.92 Å². The molecule has 0 unspecified atom stereocenters. The van der Waals surface area contributed by atoms with Crippen LogP contribution in [-0.4, -0.2) is 42.2 Å². The second-order valence-corrected chi connectivity index (χ2v) is 4.58. The van der Waals surface area contributed by atoms with Crippen LogP contribution in [0.3, 0.4) is 0 Å². The summed E-state index contributed by atoms with van der Waals surface area (Å²) in [5.74, 6) is -0.466. The van der Waals surface area contributed by atoms with Gasteiger partial charge in [-0.15, -0.1) is 5.10 Å². The van der Waals surface area contributed by atoms with Crippen LogP contribution < -0.4 is 0 Å². The Morgan fingerprint density at radius 2 is 2.19 bits per heavy atom. The third-order valence-electron chi connectivity index (χ3n) is 2.95. The molecule has 21 heavy (non-hydrogen) atoms. The number of esters is 1. The second-order valence-electron chi connectivity index (χ2n) is 4.58. The zero-order chi connectivity index (χ0) is 14.8. The lowest BCUT2D eigenvalue weighted by Gasteiger charge is -2.01. The maximum Gasteiger partial charge on any atom is 0.378 e. The molecule has 8 heteroatoms. The van der Waals surface area contributed by atoms with Gasteiger partial charge in [-0.05, 0) is 35.9 Å². The van der Waals surface area contributed by atoms with Gasteiger partial charge in [0.1, 0.15) is 5.65 Å². The average molecular weight is 286 g/mol. The van der Waals surface area contributed by atoms with Gasteiger partial charge < -0.3 is 9.14 Å². The first kappa shape index (κ1) is 13.2. The Balaban J connectivity index is 1.88. The average Bonchev–Trinajstić information content (AvgIpc) is 3.05. The van der Waals surface area contributed by atoms with Crippen LogP contribution in [0.5, 0.6) is 0 Å². The van der Waals surface area contributed by atoms with Crippen molar-refractivity contribution in [1.29, 1.82) is 0 Å². The molecule has 3 rings (SSSR count). The number of imidazole rings is 1. The minimum atomic E-state index is -0.540. The largest absolute Gasteiger partial charge is 0.460 e. The van der Waals surface area contributed by atoms with E-state index in [1.54, 1.807) is 6.92 Å². The van der Waals surface area contributed by atoms with E-state index >= 15 is 0 Å². The van der Waals surface area contributed by atoms with E-state index in [1.165, 1.54) is 4.68 Å². The van der Waals surface area contributed by atoms with Gasteiger partial charge in [0.15, 0.2) is 0 Å². The third-order valence-corrected chi connectivity index (χ3v) is 2.95. The SMILES string of the molecule is CCOC(=O)c1nnnn1Cc1cn2cc(C)ccc2n1. The molecule has 0 saturated carbocycles. The first-order valence-corrected chi connectivity index (χ1v) is 6.55. The normalized spacial score (nSPS) is 11.0. The van der Waals surface area contributed by atoms with E-state index in [1.807, 2.05) is 35.9 Å². The molecule has 0 saturated heterocycles. The predicted molar refractivity (Wildman–Crippen MR) is 72.8 cm³/mol. The molecule has 0 amide bonds. The molecule has 0 N–H and O–H groups in total. The lowest BCUT2D eigenvalue weighted by Crippen LogP contribution is -2.15. The first-order valence-electron chi connectivity index (χ1n) is 6.55. The van der Waals surface area contributed by atoms with Crippen LogP contribution in [0.15, 0.2) is 24.5 Å². The number of fused-ring (bicyclic) bond motifs is 1. The number of carbonyl (C=O) groups is 1. The number of aromatic nitrogens is 6. The Morgan fingerprint density at radius 3 is 3.00 bits per heavy atom. The highest BCUT2D eigenvalue weighted by atomic mass is 16.5. The molecule has 0 aliphatic heterocycles. The molecule has 0 fully saturated rings. The zero-order valence-corrected chi connectivity index (χ0v) is 11.7. The van der Waals surface area contributed by atoms with Gasteiger partial charge in [0.05, 0.1) is 18.8 Å². The fraction of sp³-hybridized carbons (Fsp3) is 0.308. The standard InChI is InChI=1S/C13H14N6O2/c1-3-21-13(20)12-15-16-17-19(12)8-10-7-18-6-9(2)4-5-11(18)14-10/h4-7H,3,8H2,1-2H3. The number of tetrazole rings is 1. The van der Waals surface area contributed by atoms with E-state index in [0.717, 1.165) is 16.9 Å². The van der Waals surface area contributed by atoms with Gasteiger partial charge in [0.2, 0.25) is 0 Å². The summed E-state index contributed by atoms with van der Waals surface area (Å²) >= 11 is 0. The van der Waals surface area contributed by atoms with Crippen LogP contribution in [0.25, 0.3) is 5.65 Å². The monoisotopic (exact) mass is 286 g/mol. The number of pyridine rings is 1. The minimum absolute atomic E-state index is 0.0742. The predicted octanol–water partition coefficient (Wildman–Crippen LogP) is 0.854. The molecule has 0 aliphatic carbocycles. The topological polar surface area (TPSA) is 87.2 Å². The highest BCUT2D eigenvalue weighted by Gasteiger charge is 2.17. The summed E-state index contributed by atoms with van der Waals surface area (Å²) in [7, 11) is 0. The summed E-state index contributed by atoms with van der Waals surface area (Å²) in [6.45, 7) is 4.33. The number of hydrogen-bond acceptors (Lipinski definition) is 6. The molecule has 0 spiro atoms. The highest BCUT2D eigenvalue weighted by molar-refractivity contribution is 5.85. The third kappa shape index (κ3) is 2.60. The zero-order valence-electron chi connectivity index (χ0n) is 11.7. The van der Waals surface area contributed by atoms with Crippen molar-refractivity contribution in [2.45, 2.75) is 20.4 Å².